The Bertz CT molecular complexity index is 834. The molecule has 3 rings (SSSR count). The maximum absolute atomic E-state index is 12.9. The van der Waals surface area contributed by atoms with Crippen LogP contribution in [-0.2, 0) is 14.8 Å². The molecule has 0 spiro atoms. The number of ether oxygens (including phenoxy) is 1. The van der Waals surface area contributed by atoms with E-state index in [-0.39, 0.29) is 6.04 Å². The fourth-order valence-electron chi connectivity index (χ4n) is 3.18. The molecule has 1 N–H and O–H groups in total. The number of morpholine rings is 1. The molecule has 0 radical (unpaired) electrons. The minimum atomic E-state index is -3.58. The second-order valence-corrected chi connectivity index (χ2v) is 8.31. The van der Waals surface area contributed by atoms with E-state index in [1.807, 2.05) is 38.1 Å². The van der Waals surface area contributed by atoms with E-state index in [0.29, 0.717) is 24.7 Å². The monoisotopic (exact) mass is 375 g/mol. The Morgan fingerprint density at radius 1 is 1.23 bits per heavy atom. The first-order chi connectivity index (χ1) is 12.5. The average molecular weight is 375 g/mol. The van der Waals surface area contributed by atoms with Crippen LogP contribution >= 0.6 is 0 Å². The van der Waals surface area contributed by atoms with E-state index in [4.69, 9.17) is 4.74 Å². The van der Waals surface area contributed by atoms with Gasteiger partial charge in [0.2, 0.25) is 10.0 Å². The molecule has 1 saturated heterocycles. The van der Waals surface area contributed by atoms with Gasteiger partial charge in [-0.15, -0.1) is 0 Å². The molecule has 0 bridgehead atoms. The third kappa shape index (κ3) is 4.48. The van der Waals surface area contributed by atoms with Crippen LogP contribution in [-0.4, -0.2) is 51.1 Å². The van der Waals surface area contributed by atoms with E-state index in [2.05, 4.69) is 14.6 Å². The number of rotatable bonds is 6. The second-order valence-electron chi connectivity index (χ2n) is 6.57. The van der Waals surface area contributed by atoms with Crippen LogP contribution in [0.2, 0.25) is 0 Å². The van der Waals surface area contributed by atoms with Gasteiger partial charge in [0.1, 0.15) is 0 Å². The van der Waals surface area contributed by atoms with Crippen molar-refractivity contribution in [3.8, 4) is 0 Å². The van der Waals surface area contributed by atoms with Crippen LogP contribution < -0.4 is 4.72 Å². The molecule has 1 aliphatic heterocycles. The Labute approximate surface area is 155 Å². The van der Waals surface area contributed by atoms with Crippen LogP contribution in [0.5, 0.6) is 0 Å². The lowest BCUT2D eigenvalue weighted by Crippen LogP contribution is -2.43. The number of aromatic nitrogens is 1. The Balaban J connectivity index is 1.82. The van der Waals surface area contributed by atoms with Crippen molar-refractivity contribution in [2.45, 2.75) is 24.8 Å². The van der Waals surface area contributed by atoms with Crippen molar-refractivity contribution in [1.82, 2.24) is 14.6 Å². The van der Waals surface area contributed by atoms with Crippen LogP contribution in [0.3, 0.4) is 0 Å². The fourth-order valence-corrected chi connectivity index (χ4v) is 4.55. The molecular formula is C19H25N3O3S. The number of pyridine rings is 1. The zero-order chi connectivity index (χ0) is 18.6. The standard InChI is InChI=1S/C19H25N3O3S/c1-15-5-6-16(2)19(12-15)26(23,24)21-14-18(17-4-3-7-20-13-17)22-8-10-25-11-9-22/h3-7,12-13,18,21H,8-11,14H2,1-2H3. The van der Waals surface area contributed by atoms with E-state index in [1.165, 1.54) is 0 Å². The summed E-state index contributed by atoms with van der Waals surface area (Å²) in [5.74, 6) is 0. The van der Waals surface area contributed by atoms with Gasteiger partial charge in [0.15, 0.2) is 0 Å². The van der Waals surface area contributed by atoms with Gasteiger partial charge in [-0.25, -0.2) is 13.1 Å². The Morgan fingerprint density at radius 3 is 2.69 bits per heavy atom. The molecular weight excluding hydrogens is 350 g/mol. The zero-order valence-electron chi connectivity index (χ0n) is 15.2. The predicted molar refractivity (Wildman–Crippen MR) is 100 cm³/mol. The van der Waals surface area contributed by atoms with Gasteiger partial charge in [0.05, 0.1) is 24.2 Å². The molecule has 0 amide bonds. The summed E-state index contributed by atoms with van der Waals surface area (Å²) in [7, 11) is -3.58. The Morgan fingerprint density at radius 2 is 2.00 bits per heavy atom. The minimum absolute atomic E-state index is 0.0764. The molecule has 1 aliphatic rings. The van der Waals surface area contributed by atoms with Gasteiger partial charge in [-0.05, 0) is 42.7 Å². The number of benzene rings is 1. The number of nitrogens with one attached hydrogen (secondary N) is 1. The van der Waals surface area contributed by atoms with E-state index in [1.54, 1.807) is 18.5 Å². The molecule has 26 heavy (non-hydrogen) atoms. The Hall–Kier alpha value is -1.80. The van der Waals surface area contributed by atoms with Crippen LogP contribution in [0, 0.1) is 13.8 Å². The third-order valence-electron chi connectivity index (χ3n) is 4.66. The summed E-state index contributed by atoms with van der Waals surface area (Å²) in [6.07, 6.45) is 3.52. The smallest absolute Gasteiger partial charge is 0.240 e. The molecule has 1 aromatic carbocycles. The number of hydrogen-bond acceptors (Lipinski definition) is 5. The number of hydrogen-bond donors (Lipinski definition) is 1. The molecule has 1 atom stereocenters. The highest BCUT2D eigenvalue weighted by atomic mass is 32.2. The van der Waals surface area contributed by atoms with Gasteiger partial charge in [-0.3, -0.25) is 9.88 Å². The molecule has 1 fully saturated rings. The zero-order valence-corrected chi connectivity index (χ0v) is 16.0. The molecule has 1 unspecified atom stereocenters. The van der Waals surface area contributed by atoms with Gasteiger partial charge in [0.25, 0.3) is 0 Å². The normalized spacial score (nSPS) is 17.2. The molecule has 6 nitrogen and oxygen atoms in total. The van der Waals surface area contributed by atoms with Crippen molar-refractivity contribution < 1.29 is 13.2 Å². The largest absolute Gasteiger partial charge is 0.379 e. The summed E-state index contributed by atoms with van der Waals surface area (Å²) >= 11 is 0. The second kappa shape index (κ2) is 8.26. The van der Waals surface area contributed by atoms with Crippen molar-refractivity contribution in [2.75, 3.05) is 32.8 Å². The maximum Gasteiger partial charge on any atom is 0.240 e. The van der Waals surface area contributed by atoms with Gasteiger partial charge in [0, 0.05) is 32.0 Å². The van der Waals surface area contributed by atoms with Crippen molar-refractivity contribution in [2.24, 2.45) is 0 Å². The van der Waals surface area contributed by atoms with Crippen LogP contribution in [0.15, 0.2) is 47.6 Å². The summed E-state index contributed by atoms with van der Waals surface area (Å²) < 4.78 is 33.9. The van der Waals surface area contributed by atoms with Gasteiger partial charge in [-0.2, -0.15) is 0 Å². The van der Waals surface area contributed by atoms with Crippen LogP contribution in [0.25, 0.3) is 0 Å². The van der Waals surface area contributed by atoms with Crippen LogP contribution in [0.1, 0.15) is 22.7 Å². The van der Waals surface area contributed by atoms with E-state index < -0.39 is 10.0 Å². The average Bonchev–Trinajstić information content (AvgIpc) is 2.65. The van der Waals surface area contributed by atoms with Crippen molar-refractivity contribution in [1.29, 1.82) is 0 Å². The maximum atomic E-state index is 12.9. The summed E-state index contributed by atoms with van der Waals surface area (Å²) in [6, 6.07) is 9.25. The summed E-state index contributed by atoms with van der Waals surface area (Å²) in [5.41, 5.74) is 2.67. The molecule has 2 aromatic rings. The molecule has 1 aromatic heterocycles. The first-order valence-corrected chi connectivity index (χ1v) is 10.2. The molecule has 0 aliphatic carbocycles. The lowest BCUT2D eigenvalue weighted by atomic mass is 10.1. The minimum Gasteiger partial charge on any atom is -0.379 e. The predicted octanol–water partition coefficient (Wildman–Crippen LogP) is 2.05. The van der Waals surface area contributed by atoms with Gasteiger partial charge in [-0.1, -0.05) is 18.2 Å². The molecule has 0 saturated carbocycles. The molecule has 2 heterocycles. The van der Waals surface area contributed by atoms with Crippen LogP contribution in [0.4, 0.5) is 0 Å². The quantitative estimate of drug-likeness (QED) is 0.837. The highest BCUT2D eigenvalue weighted by Gasteiger charge is 2.25. The van der Waals surface area contributed by atoms with Crippen molar-refractivity contribution in [3.63, 3.8) is 0 Å². The fraction of sp³-hybridized carbons (Fsp3) is 0.421. The topological polar surface area (TPSA) is 71.5 Å². The first-order valence-electron chi connectivity index (χ1n) is 8.76. The van der Waals surface area contributed by atoms with E-state index in [0.717, 1.165) is 29.8 Å². The number of nitrogens with zero attached hydrogens (tertiary/aromatic N) is 2. The first kappa shape index (κ1) is 19.0. The SMILES string of the molecule is Cc1ccc(C)c(S(=O)(=O)NCC(c2cccnc2)N2CCOCC2)c1. The van der Waals surface area contributed by atoms with E-state index in [9.17, 15) is 8.42 Å². The lowest BCUT2D eigenvalue weighted by Gasteiger charge is -2.34. The third-order valence-corrected chi connectivity index (χ3v) is 6.22. The van der Waals surface area contributed by atoms with Gasteiger partial charge < -0.3 is 4.74 Å². The number of sulfonamides is 1. The molecule has 140 valence electrons. The van der Waals surface area contributed by atoms with Gasteiger partial charge >= 0.3 is 0 Å². The van der Waals surface area contributed by atoms with Crippen molar-refractivity contribution >= 4 is 10.0 Å². The summed E-state index contributed by atoms with van der Waals surface area (Å²) in [4.78, 5) is 6.77. The summed E-state index contributed by atoms with van der Waals surface area (Å²) in [5, 5.41) is 0. The number of aryl methyl sites for hydroxylation is 2. The molecule has 7 heteroatoms. The highest BCUT2D eigenvalue weighted by Crippen LogP contribution is 2.22. The Kier molecular flexibility index (Phi) is 6.03. The van der Waals surface area contributed by atoms with E-state index >= 15 is 0 Å². The van der Waals surface area contributed by atoms with Crippen molar-refractivity contribution in [3.05, 3.63) is 59.4 Å². The summed E-state index contributed by atoms with van der Waals surface area (Å²) in [6.45, 7) is 6.84. The lowest BCUT2D eigenvalue weighted by molar-refractivity contribution is 0.0171. The highest BCUT2D eigenvalue weighted by molar-refractivity contribution is 7.89.